The number of aliphatic imine (C=N–C) groups is 1. The number of nitrogens with zero attached hydrogens (tertiary/aromatic N) is 5. The number of fused-ring (bicyclic) bond motifs is 1. The van der Waals surface area contributed by atoms with Gasteiger partial charge in [-0.25, -0.2) is 14.1 Å². The van der Waals surface area contributed by atoms with E-state index in [0.29, 0.717) is 45.3 Å². The molecule has 2 aliphatic heterocycles. The molecule has 0 unspecified atom stereocenters. The Balaban J connectivity index is 1.70. The normalized spacial score (nSPS) is 21.8. The Hall–Kier alpha value is -2.95. The van der Waals surface area contributed by atoms with Crippen molar-refractivity contribution in [3.63, 3.8) is 0 Å². The third kappa shape index (κ3) is 4.60. The third-order valence-electron chi connectivity index (χ3n) is 6.46. The summed E-state index contributed by atoms with van der Waals surface area (Å²) in [6, 6.07) is 4.93. The van der Waals surface area contributed by atoms with Gasteiger partial charge in [-0.15, -0.1) is 17.9 Å². The summed E-state index contributed by atoms with van der Waals surface area (Å²) < 4.78 is 41.4. The number of halogens is 4. The molecule has 0 bridgehead atoms. The van der Waals surface area contributed by atoms with Crippen molar-refractivity contribution in [3.8, 4) is 0 Å². The zero-order chi connectivity index (χ0) is 25.4. The minimum atomic E-state index is -2.79. The molecule has 4 heterocycles. The van der Waals surface area contributed by atoms with E-state index in [2.05, 4.69) is 16.7 Å². The molecule has 36 heavy (non-hydrogen) atoms. The Labute approximate surface area is 215 Å². The van der Waals surface area contributed by atoms with E-state index in [0.717, 1.165) is 25.0 Å². The molecule has 5 rings (SSSR count). The molecule has 0 aliphatic carbocycles. The van der Waals surface area contributed by atoms with Crippen LogP contribution in [0.15, 0.2) is 65.4 Å². The van der Waals surface area contributed by atoms with Crippen molar-refractivity contribution in [2.75, 3.05) is 6.54 Å². The second-order valence-corrected chi connectivity index (χ2v) is 10.3. The zero-order valence-electron chi connectivity index (χ0n) is 19.2. The van der Waals surface area contributed by atoms with Crippen LogP contribution < -0.4 is 5.73 Å². The summed E-state index contributed by atoms with van der Waals surface area (Å²) >= 11 is 7.93. The van der Waals surface area contributed by atoms with Crippen molar-refractivity contribution >= 4 is 34.3 Å². The molecule has 6 nitrogen and oxygen atoms in total. The van der Waals surface area contributed by atoms with E-state index in [1.165, 1.54) is 35.7 Å². The molecular weight excluding hydrogens is 509 g/mol. The van der Waals surface area contributed by atoms with Crippen LogP contribution in [0.2, 0.25) is 5.02 Å². The van der Waals surface area contributed by atoms with Gasteiger partial charge in [-0.3, -0.25) is 4.99 Å². The summed E-state index contributed by atoms with van der Waals surface area (Å²) in [5.41, 5.74) is 8.67. The van der Waals surface area contributed by atoms with Crippen molar-refractivity contribution in [2.45, 2.75) is 43.8 Å². The predicted molar refractivity (Wildman–Crippen MR) is 135 cm³/mol. The van der Waals surface area contributed by atoms with Crippen LogP contribution in [0.25, 0.3) is 5.57 Å². The number of nitrogens with two attached hydrogens (primary N) is 1. The second-order valence-electron chi connectivity index (χ2n) is 8.98. The van der Waals surface area contributed by atoms with Gasteiger partial charge in [0.05, 0.1) is 5.69 Å². The first kappa shape index (κ1) is 24.7. The molecule has 2 N–H and O–H groups in total. The third-order valence-corrected chi connectivity index (χ3v) is 7.55. The van der Waals surface area contributed by atoms with Crippen molar-refractivity contribution in [1.82, 2.24) is 19.7 Å². The number of alkyl halides is 2. The first-order chi connectivity index (χ1) is 17.3. The number of rotatable bonds is 8. The van der Waals surface area contributed by atoms with E-state index in [-0.39, 0.29) is 5.02 Å². The Morgan fingerprint density at radius 2 is 2.17 bits per heavy atom. The number of hydrogen-bond donors (Lipinski definition) is 1. The second kappa shape index (κ2) is 9.84. The molecule has 2 aromatic heterocycles. The van der Waals surface area contributed by atoms with E-state index < -0.39 is 23.9 Å². The largest absolute Gasteiger partial charge is 0.333 e. The predicted octanol–water partition coefficient (Wildman–Crippen LogP) is 6.20. The molecular formula is C25H24ClF3N6S. The minimum absolute atomic E-state index is 0.185. The average molecular weight is 533 g/mol. The van der Waals surface area contributed by atoms with Gasteiger partial charge in [0, 0.05) is 58.1 Å². The van der Waals surface area contributed by atoms with Crippen LogP contribution in [0.1, 0.15) is 54.5 Å². The molecule has 188 valence electrons. The molecule has 1 aromatic carbocycles. The Morgan fingerprint density at radius 1 is 1.33 bits per heavy atom. The van der Waals surface area contributed by atoms with Crippen LogP contribution in [-0.2, 0) is 0 Å². The van der Waals surface area contributed by atoms with E-state index in [9.17, 15) is 13.2 Å². The van der Waals surface area contributed by atoms with Gasteiger partial charge in [-0.2, -0.15) is 13.9 Å². The summed E-state index contributed by atoms with van der Waals surface area (Å²) in [5, 5.41) is 6.90. The first-order valence-corrected chi connectivity index (χ1v) is 12.7. The highest BCUT2D eigenvalue weighted by Crippen LogP contribution is 2.48. The van der Waals surface area contributed by atoms with Crippen molar-refractivity contribution in [1.29, 1.82) is 0 Å². The molecule has 0 saturated carbocycles. The number of thiazole rings is 1. The molecule has 0 spiro atoms. The Kier molecular flexibility index (Phi) is 6.76. The van der Waals surface area contributed by atoms with Crippen LogP contribution in [0.4, 0.5) is 13.2 Å². The summed E-state index contributed by atoms with van der Waals surface area (Å²) in [7, 11) is 0. The summed E-state index contributed by atoms with van der Waals surface area (Å²) in [6.45, 7) is 1.49. The summed E-state index contributed by atoms with van der Waals surface area (Å²) in [5.74, 6) is 0.143. The van der Waals surface area contributed by atoms with Crippen molar-refractivity contribution in [2.24, 2.45) is 10.7 Å². The molecule has 0 amide bonds. The van der Waals surface area contributed by atoms with Gasteiger partial charge in [0.2, 0.25) is 0 Å². The molecule has 0 radical (unpaired) electrons. The summed E-state index contributed by atoms with van der Waals surface area (Å²) in [4.78, 5) is 11.5. The molecule has 2 aliphatic rings. The van der Waals surface area contributed by atoms with Crippen LogP contribution >= 0.6 is 22.9 Å². The maximum atomic E-state index is 13.9. The standard InChI is InChI=1S/C25H24ClF3N6S/c1-2-3-4-8-25(30)13-19-20(18-7-10-35(33-18)24(28)29)21(16-6-5-15(27)12-17(16)26)32-22(34(19)14-25)23-31-9-11-36-23/h2,5-7,9-12,21,24H,1,3-4,8,13-14,30H2/t21-,25-/m0/s1. The fourth-order valence-corrected chi connectivity index (χ4v) is 5.76. The molecule has 1 fully saturated rings. The quantitative estimate of drug-likeness (QED) is 0.277. The minimum Gasteiger partial charge on any atom is -0.326 e. The van der Waals surface area contributed by atoms with Crippen LogP contribution in [-0.4, -0.2) is 37.6 Å². The highest BCUT2D eigenvalue weighted by Gasteiger charge is 2.45. The maximum absolute atomic E-state index is 13.9. The highest BCUT2D eigenvalue weighted by atomic mass is 35.5. The monoisotopic (exact) mass is 532 g/mol. The van der Waals surface area contributed by atoms with Crippen LogP contribution in [0.3, 0.4) is 0 Å². The number of aromatic nitrogens is 3. The number of unbranched alkanes of at least 4 members (excludes halogenated alkanes) is 1. The Bertz CT molecular complexity index is 1340. The van der Waals surface area contributed by atoms with Crippen molar-refractivity contribution in [3.05, 3.63) is 87.5 Å². The lowest BCUT2D eigenvalue weighted by Gasteiger charge is -2.32. The molecule has 11 heteroatoms. The number of benzene rings is 1. The number of amidine groups is 1. The lowest BCUT2D eigenvalue weighted by molar-refractivity contribution is 0.0564. The Morgan fingerprint density at radius 3 is 2.83 bits per heavy atom. The van der Waals surface area contributed by atoms with Gasteiger partial charge in [0.25, 0.3) is 0 Å². The smallest absolute Gasteiger partial charge is 0.326 e. The fraction of sp³-hybridized carbons (Fsp3) is 0.320. The van der Waals surface area contributed by atoms with Gasteiger partial charge in [-0.05, 0) is 37.5 Å². The van der Waals surface area contributed by atoms with E-state index >= 15 is 0 Å². The maximum Gasteiger partial charge on any atom is 0.333 e. The fourth-order valence-electron chi connectivity index (χ4n) is 4.85. The topological polar surface area (TPSA) is 72.3 Å². The van der Waals surface area contributed by atoms with Gasteiger partial charge in [-0.1, -0.05) is 23.7 Å². The van der Waals surface area contributed by atoms with Gasteiger partial charge in [0.1, 0.15) is 11.9 Å². The number of hydrogen-bond acceptors (Lipinski definition) is 6. The van der Waals surface area contributed by atoms with Gasteiger partial charge < -0.3 is 10.6 Å². The summed E-state index contributed by atoms with van der Waals surface area (Å²) in [6.07, 6.45) is 7.73. The molecule has 2 atom stereocenters. The number of allylic oxidation sites excluding steroid dienone is 1. The van der Waals surface area contributed by atoms with E-state index in [1.54, 1.807) is 12.3 Å². The molecule has 1 saturated heterocycles. The van der Waals surface area contributed by atoms with E-state index in [1.807, 2.05) is 16.4 Å². The van der Waals surface area contributed by atoms with Gasteiger partial charge in [0.15, 0.2) is 10.8 Å². The lowest BCUT2D eigenvalue weighted by atomic mass is 9.88. The average Bonchev–Trinajstić information content (AvgIpc) is 3.58. The SMILES string of the molecule is C=CCCC[C@]1(N)CC2=C(c3ccn(C(F)F)n3)[C@H](c3ccc(F)cc3Cl)N=C(c3nccs3)N2C1. The van der Waals surface area contributed by atoms with Gasteiger partial charge >= 0.3 is 6.55 Å². The zero-order valence-corrected chi connectivity index (χ0v) is 20.8. The molecule has 3 aromatic rings. The van der Waals surface area contributed by atoms with Crippen molar-refractivity contribution < 1.29 is 13.2 Å². The van der Waals surface area contributed by atoms with Crippen LogP contribution in [0, 0.1) is 5.82 Å². The first-order valence-electron chi connectivity index (χ1n) is 11.5. The van der Waals surface area contributed by atoms with Crippen LogP contribution in [0.5, 0.6) is 0 Å². The highest BCUT2D eigenvalue weighted by molar-refractivity contribution is 7.11. The van der Waals surface area contributed by atoms with E-state index in [4.69, 9.17) is 22.3 Å². The lowest BCUT2D eigenvalue weighted by Crippen LogP contribution is -2.44.